The highest BCUT2D eigenvalue weighted by molar-refractivity contribution is 5.94. The average molecular weight is 231 g/mol. The van der Waals surface area contributed by atoms with Crippen molar-refractivity contribution in [3.63, 3.8) is 0 Å². The molecule has 0 unspecified atom stereocenters. The zero-order valence-electron chi connectivity index (χ0n) is 11.1. The molecule has 92 valence electrons. The van der Waals surface area contributed by atoms with Crippen LogP contribution in [0.3, 0.4) is 0 Å². The number of hydrogen-bond acceptors (Lipinski definition) is 1. The lowest BCUT2D eigenvalue weighted by Gasteiger charge is -2.19. The summed E-state index contributed by atoms with van der Waals surface area (Å²) in [6, 6.07) is 7.76. The van der Waals surface area contributed by atoms with Crippen molar-refractivity contribution in [2.45, 2.75) is 33.1 Å². The summed E-state index contributed by atoms with van der Waals surface area (Å²) in [6.07, 6.45) is 0. The highest BCUT2D eigenvalue weighted by atomic mass is 16.1. The van der Waals surface area contributed by atoms with Gasteiger partial charge >= 0.3 is 0 Å². The fourth-order valence-electron chi connectivity index (χ4n) is 1.45. The van der Waals surface area contributed by atoms with Crippen LogP contribution in [0, 0.1) is 0 Å². The summed E-state index contributed by atoms with van der Waals surface area (Å²) in [5.74, 6) is -0.0477. The predicted molar refractivity (Wildman–Crippen MR) is 72.3 cm³/mol. The second kappa shape index (κ2) is 5.17. The topological polar surface area (TPSA) is 29.1 Å². The van der Waals surface area contributed by atoms with Gasteiger partial charge in [0.25, 0.3) is 5.91 Å². The number of nitrogens with one attached hydrogen (secondary N) is 1. The van der Waals surface area contributed by atoms with Gasteiger partial charge in [0.15, 0.2) is 0 Å². The maximum Gasteiger partial charge on any atom is 0.251 e. The van der Waals surface area contributed by atoms with Gasteiger partial charge in [-0.1, -0.05) is 45.1 Å². The second-order valence-corrected chi connectivity index (χ2v) is 5.47. The van der Waals surface area contributed by atoms with Gasteiger partial charge in [0.1, 0.15) is 0 Å². The fraction of sp³-hybridized carbons (Fsp3) is 0.400. The van der Waals surface area contributed by atoms with Gasteiger partial charge in [0, 0.05) is 12.1 Å². The Morgan fingerprint density at radius 2 is 1.76 bits per heavy atom. The van der Waals surface area contributed by atoms with Crippen molar-refractivity contribution in [1.29, 1.82) is 0 Å². The molecule has 0 atom stereocenters. The molecule has 0 aliphatic rings. The first-order valence-corrected chi connectivity index (χ1v) is 5.84. The van der Waals surface area contributed by atoms with Gasteiger partial charge in [0.2, 0.25) is 0 Å². The minimum absolute atomic E-state index is 0.0477. The van der Waals surface area contributed by atoms with Gasteiger partial charge in [-0.3, -0.25) is 4.79 Å². The Balaban J connectivity index is 2.74. The Bertz CT molecular complexity index is 410. The van der Waals surface area contributed by atoms with E-state index in [1.807, 2.05) is 31.2 Å². The van der Waals surface area contributed by atoms with Crippen molar-refractivity contribution in [2.75, 3.05) is 6.54 Å². The predicted octanol–water partition coefficient (Wildman–Crippen LogP) is 3.29. The average Bonchev–Trinajstić information content (AvgIpc) is 2.25. The van der Waals surface area contributed by atoms with Crippen LogP contribution in [0.2, 0.25) is 0 Å². The molecule has 1 aromatic carbocycles. The Morgan fingerprint density at radius 1 is 1.24 bits per heavy atom. The minimum Gasteiger partial charge on any atom is -0.348 e. The molecule has 17 heavy (non-hydrogen) atoms. The normalized spacial score (nSPS) is 11.1. The van der Waals surface area contributed by atoms with Crippen molar-refractivity contribution in [1.82, 2.24) is 5.32 Å². The molecule has 0 fully saturated rings. The summed E-state index contributed by atoms with van der Waals surface area (Å²) in [4.78, 5) is 11.8. The van der Waals surface area contributed by atoms with E-state index in [1.54, 1.807) is 0 Å². The molecule has 0 heterocycles. The first kappa shape index (κ1) is 13.5. The van der Waals surface area contributed by atoms with E-state index in [9.17, 15) is 4.79 Å². The van der Waals surface area contributed by atoms with Crippen LogP contribution in [-0.4, -0.2) is 12.5 Å². The molecule has 0 saturated carbocycles. The Labute approximate surface area is 104 Å². The van der Waals surface area contributed by atoms with Crippen LogP contribution >= 0.6 is 0 Å². The molecule has 0 aromatic heterocycles. The summed E-state index contributed by atoms with van der Waals surface area (Å²) in [5, 5.41) is 2.82. The van der Waals surface area contributed by atoms with Crippen LogP contribution < -0.4 is 5.32 Å². The largest absolute Gasteiger partial charge is 0.348 e. The van der Waals surface area contributed by atoms with E-state index in [0.717, 1.165) is 5.57 Å². The van der Waals surface area contributed by atoms with E-state index in [4.69, 9.17) is 0 Å². The van der Waals surface area contributed by atoms with Crippen LogP contribution in [0.25, 0.3) is 0 Å². The summed E-state index contributed by atoms with van der Waals surface area (Å²) >= 11 is 0. The lowest BCUT2D eigenvalue weighted by Crippen LogP contribution is -2.25. The third-order valence-electron chi connectivity index (χ3n) is 2.56. The molecule has 1 amide bonds. The molecule has 0 aliphatic carbocycles. The van der Waals surface area contributed by atoms with Crippen LogP contribution in [0.4, 0.5) is 0 Å². The molecule has 1 aromatic rings. The van der Waals surface area contributed by atoms with Crippen molar-refractivity contribution in [2.24, 2.45) is 0 Å². The highest BCUT2D eigenvalue weighted by Gasteiger charge is 2.14. The quantitative estimate of drug-likeness (QED) is 0.795. The molecular formula is C15H21NO. The number of hydrogen-bond donors (Lipinski definition) is 1. The monoisotopic (exact) mass is 231 g/mol. The standard InChI is InChI=1S/C15H21NO/c1-11(2)10-16-14(17)12-6-8-13(9-7-12)15(3,4)5/h6-9H,1,10H2,2-5H3,(H,16,17). The molecule has 0 saturated heterocycles. The van der Waals surface area contributed by atoms with Gasteiger partial charge in [0.05, 0.1) is 0 Å². The Kier molecular flexibility index (Phi) is 4.11. The van der Waals surface area contributed by atoms with E-state index < -0.39 is 0 Å². The van der Waals surface area contributed by atoms with E-state index in [-0.39, 0.29) is 11.3 Å². The van der Waals surface area contributed by atoms with Gasteiger partial charge < -0.3 is 5.32 Å². The van der Waals surface area contributed by atoms with Gasteiger partial charge in [-0.15, -0.1) is 0 Å². The molecule has 0 aliphatic heterocycles. The van der Waals surface area contributed by atoms with Crippen LogP contribution in [0.15, 0.2) is 36.4 Å². The SMILES string of the molecule is C=C(C)CNC(=O)c1ccc(C(C)(C)C)cc1. The maximum absolute atomic E-state index is 11.8. The van der Waals surface area contributed by atoms with Crippen molar-refractivity contribution < 1.29 is 4.79 Å². The molecule has 0 radical (unpaired) electrons. The van der Waals surface area contributed by atoms with Crippen LogP contribution in [0.1, 0.15) is 43.6 Å². The minimum atomic E-state index is -0.0477. The lowest BCUT2D eigenvalue weighted by molar-refractivity contribution is 0.0957. The van der Waals surface area contributed by atoms with Crippen molar-refractivity contribution in [3.8, 4) is 0 Å². The third-order valence-corrected chi connectivity index (χ3v) is 2.56. The Hall–Kier alpha value is -1.57. The Morgan fingerprint density at radius 3 is 2.18 bits per heavy atom. The van der Waals surface area contributed by atoms with Gasteiger partial charge in [-0.25, -0.2) is 0 Å². The molecule has 0 spiro atoms. The van der Waals surface area contributed by atoms with Crippen LogP contribution in [-0.2, 0) is 5.41 Å². The van der Waals surface area contributed by atoms with E-state index in [2.05, 4.69) is 32.7 Å². The van der Waals surface area contributed by atoms with E-state index in [1.165, 1.54) is 5.56 Å². The highest BCUT2D eigenvalue weighted by Crippen LogP contribution is 2.22. The van der Waals surface area contributed by atoms with Gasteiger partial charge in [-0.2, -0.15) is 0 Å². The van der Waals surface area contributed by atoms with E-state index in [0.29, 0.717) is 12.1 Å². The third kappa shape index (κ3) is 4.06. The fourth-order valence-corrected chi connectivity index (χ4v) is 1.45. The lowest BCUT2D eigenvalue weighted by atomic mass is 9.87. The number of rotatable bonds is 3. The number of carbonyl (C=O) groups is 1. The van der Waals surface area contributed by atoms with Crippen molar-refractivity contribution in [3.05, 3.63) is 47.5 Å². The van der Waals surface area contributed by atoms with Crippen LogP contribution in [0.5, 0.6) is 0 Å². The molecule has 2 nitrogen and oxygen atoms in total. The maximum atomic E-state index is 11.8. The summed E-state index contributed by atoms with van der Waals surface area (Å²) < 4.78 is 0. The molecule has 1 N–H and O–H groups in total. The van der Waals surface area contributed by atoms with E-state index >= 15 is 0 Å². The summed E-state index contributed by atoms with van der Waals surface area (Å²) in [5.41, 5.74) is 2.99. The number of carbonyl (C=O) groups excluding carboxylic acids is 1. The second-order valence-electron chi connectivity index (χ2n) is 5.47. The zero-order valence-corrected chi connectivity index (χ0v) is 11.1. The summed E-state index contributed by atoms with van der Waals surface area (Å²) in [6.45, 7) is 12.6. The number of benzene rings is 1. The smallest absolute Gasteiger partial charge is 0.251 e. The first-order chi connectivity index (χ1) is 7.80. The molecule has 1 rings (SSSR count). The first-order valence-electron chi connectivity index (χ1n) is 5.84. The molecule has 0 bridgehead atoms. The zero-order chi connectivity index (χ0) is 13.1. The van der Waals surface area contributed by atoms with Gasteiger partial charge in [-0.05, 0) is 30.0 Å². The van der Waals surface area contributed by atoms with Crippen molar-refractivity contribution >= 4 is 5.91 Å². The molecular weight excluding hydrogens is 210 g/mol. The number of amides is 1. The summed E-state index contributed by atoms with van der Waals surface area (Å²) in [7, 11) is 0. The molecule has 2 heteroatoms.